The number of nitrogen functional groups attached to an aromatic ring is 1. The zero-order chi connectivity index (χ0) is 14.9. The molecule has 0 unspecified atom stereocenters. The van der Waals surface area contributed by atoms with Crippen LogP contribution in [0.4, 0.5) is 11.4 Å². The quantitative estimate of drug-likeness (QED) is 0.854. The highest BCUT2D eigenvalue weighted by Crippen LogP contribution is 2.27. The van der Waals surface area contributed by atoms with Gasteiger partial charge in [0, 0.05) is 5.69 Å². The Bertz CT molecular complexity index is 752. The molecule has 0 saturated heterocycles. The maximum Gasteiger partial charge on any atom is 0.261 e. The maximum absolute atomic E-state index is 12.4. The monoisotopic (exact) mass is 290 g/mol. The van der Waals surface area contributed by atoms with Crippen molar-refractivity contribution in [3.63, 3.8) is 0 Å². The van der Waals surface area contributed by atoms with E-state index in [0.29, 0.717) is 11.4 Å². The van der Waals surface area contributed by atoms with E-state index >= 15 is 0 Å². The van der Waals surface area contributed by atoms with Crippen LogP contribution in [-0.4, -0.2) is 8.42 Å². The van der Waals surface area contributed by atoms with Crippen LogP contribution in [0.5, 0.6) is 0 Å². The molecule has 0 amide bonds. The van der Waals surface area contributed by atoms with Crippen molar-refractivity contribution in [3.05, 3.63) is 53.1 Å². The summed E-state index contributed by atoms with van der Waals surface area (Å²) in [6.45, 7) is 5.51. The van der Waals surface area contributed by atoms with Crippen LogP contribution in [0.2, 0.25) is 0 Å². The number of nitrogens with two attached hydrogens (primary N) is 1. The first kappa shape index (κ1) is 14.4. The summed E-state index contributed by atoms with van der Waals surface area (Å²) < 4.78 is 27.5. The SMILES string of the molecule is Cc1cccc(S(=O)(=O)Nc2c(C)ccc(N)c2C)c1. The Morgan fingerprint density at radius 2 is 1.75 bits per heavy atom. The fraction of sp³-hybridized carbons (Fsp3) is 0.200. The van der Waals surface area contributed by atoms with Crippen molar-refractivity contribution >= 4 is 21.4 Å². The fourth-order valence-electron chi connectivity index (χ4n) is 2.00. The Balaban J connectivity index is 2.47. The Hall–Kier alpha value is -2.01. The summed E-state index contributed by atoms with van der Waals surface area (Å²) in [5, 5.41) is 0. The average molecular weight is 290 g/mol. The maximum atomic E-state index is 12.4. The number of anilines is 2. The Morgan fingerprint density at radius 1 is 1.05 bits per heavy atom. The topological polar surface area (TPSA) is 72.2 Å². The number of nitrogens with one attached hydrogen (secondary N) is 1. The summed E-state index contributed by atoms with van der Waals surface area (Å²) in [4.78, 5) is 0.249. The summed E-state index contributed by atoms with van der Waals surface area (Å²) in [6.07, 6.45) is 0. The van der Waals surface area contributed by atoms with E-state index in [2.05, 4.69) is 4.72 Å². The third kappa shape index (κ3) is 2.77. The molecule has 0 aliphatic rings. The Labute approximate surface area is 119 Å². The summed E-state index contributed by atoms with van der Waals surface area (Å²) >= 11 is 0. The third-order valence-corrected chi connectivity index (χ3v) is 4.60. The second-order valence-electron chi connectivity index (χ2n) is 4.89. The highest BCUT2D eigenvalue weighted by molar-refractivity contribution is 7.92. The average Bonchev–Trinajstić information content (AvgIpc) is 2.39. The molecule has 2 rings (SSSR count). The van der Waals surface area contributed by atoms with E-state index in [1.54, 1.807) is 37.3 Å². The van der Waals surface area contributed by atoms with Crippen LogP contribution in [-0.2, 0) is 10.0 Å². The van der Waals surface area contributed by atoms with Crippen LogP contribution < -0.4 is 10.5 Å². The molecule has 106 valence electrons. The van der Waals surface area contributed by atoms with Gasteiger partial charge in [-0.1, -0.05) is 18.2 Å². The molecule has 0 fully saturated rings. The van der Waals surface area contributed by atoms with Crippen molar-refractivity contribution in [2.75, 3.05) is 10.5 Å². The van der Waals surface area contributed by atoms with Gasteiger partial charge in [0.05, 0.1) is 10.6 Å². The summed E-state index contributed by atoms with van der Waals surface area (Å²) in [7, 11) is -3.60. The van der Waals surface area contributed by atoms with Gasteiger partial charge in [0.1, 0.15) is 0 Å². The van der Waals surface area contributed by atoms with Gasteiger partial charge in [-0.3, -0.25) is 4.72 Å². The van der Waals surface area contributed by atoms with Crippen LogP contribution in [0, 0.1) is 20.8 Å². The van der Waals surface area contributed by atoms with Crippen LogP contribution >= 0.6 is 0 Å². The van der Waals surface area contributed by atoms with Crippen molar-refractivity contribution in [2.24, 2.45) is 0 Å². The highest BCUT2D eigenvalue weighted by Gasteiger charge is 2.17. The standard InChI is InChI=1S/C15H18N2O2S/c1-10-5-4-6-13(9-10)20(18,19)17-15-11(2)7-8-14(16)12(15)3/h4-9,17H,16H2,1-3H3. The van der Waals surface area contributed by atoms with Gasteiger partial charge in [0.2, 0.25) is 0 Å². The molecule has 20 heavy (non-hydrogen) atoms. The van der Waals surface area contributed by atoms with Crippen LogP contribution in [0.1, 0.15) is 16.7 Å². The van der Waals surface area contributed by atoms with Crippen molar-refractivity contribution < 1.29 is 8.42 Å². The fourth-order valence-corrected chi connectivity index (χ4v) is 3.30. The van der Waals surface area contributed by atoms with Crippen molar-refractivity contribution in [3.8, 4) is 0 Å². The molecular weight excluding hydrogens is 272 g/mol. The number of rotatable bonds is 3. The first-order valence-corrected chi connectivity index (χ1v) is 7.75. The third-order valence-electron chi connectivity index (χ3n) is 3.25. The lowest BCUT2D eigenvalue weighted by atomic mass is 10.1. The lowest BCUT2D eigenvalue weighted by Crippen LogP contribution is -2.15. The van der Waals surface area contributed by atoms with Crippen molar-refractivity contribution in [1.82, 2.24) is 0 Å². The van der Waals surface area contributed by atoms with Gasteiger partial charge >= 0.3 is 0 Å². The van der Waals surface area contributed by atoms with Gasteiger partial charge in [-0.15, -0.1) is 0 Å². The molecule has 0 heterocycles. The summed E-state index contributed by atoms with van der Waals surface area (Å²) in [5.74, 6) is 0. The zero-order valence-corrected chi connectivity index (χ0v) is 12.6. The zero-order valence-electron chi connectivity index (χ0n) is 11.8. The van der Waals surface area contributed by atoms with E-state index in [-0.39, 0.29) is 4.90 Å². The predicted molar refractivity (Wildman–Crippen MR) is 82.3 cm³/mol. The van der Waals surface area contributed by atoms with E-state index in [1.807, 2.05) is 19.9 Å². The smallest absolute Gasteiger partial charge is 0.261 e. The molecule has 2 aromatic carbocycles. The van der Waals surface area contributed by atoms with Crippen molar-refractivity contribution in [1.29, 1.82) is 0 Å². The molecule has 0 aliphatic heterocycles. The molecule has 2 aromatic rings. The Morgan fingerprint density at radius 3 is 2.40 bits per heavy atom. The molecule has 4 nitrogen and oxygen atoms in total. The minimum atomic E-state index is -3.60. The second kappa shape index (κ2) is 5.17. The van der Waals surface area contributed by atoms with Gasteiger partial charge in [0.25, 0.3) is 10.0 Å². The predicted octanol–water partition coefficient (Wildman–Crippen LogP) is 2.99. The summed E-state index contributed by atoms with van der Waals surface area (Å²) in [5.41, 5.74) is 9.43. The minimum absolute atomic E-state index is 0.249. The molecular formula is C15H18N2O2S. The minimum Gasteiger partial charge on any atom is -0.398 e. The van der Waals surface area contributed by atoms with E-state index in [0.717, 1.165) is 16.7 Å². The lowest BCUT2D eigenvalue weighted by Gasteiger charge is -2.15. The second-order valence-corrected chi connectivity index (χ2v) is 6.58. The van der Waals surface area contributed by atoms with Gasteiger partial charge in [0.15, 0.2) is 0 Å². The number of aryl methyl sites for hydroxylation is 2. The summed E-state index contributed by atoms with van der Waals surface area (Å²) in [6, 6.07) is 10.4. The van der Waals surface area contributed by atoms with Crippen LogP contribution in [0.15, 0.2) is 41.3 Å². The molecule has 0 bridgehead atoms. The van der Waals surface area contributed by atoms with E-state index in [9.17, 15) is 8.42 Å². The number of hydrogen-bond donors (Lipinski definition) is 2. The van der Waals surface area contributed by atoms with E-state index in [1.165, 1.54) is 0 Å². The highest BCUT2D eigenvalue weighted by atomic mass is 32.2. The number of sulfonamides is 1. The Kier molecular flexibility index (Phi) is 3.72. The number of benzene rings is 2. The van der Waals surface area contributed by atoms with E-state index in [4.69, 9.17) is 5.73 Å². The van der Waals surface area contributed by atoms with E-state index < -0.39 is 10.0 Å². The number of hydrogen-bond acceptors (Lipinski definition) is 3. The van der Waals surface area contributed by atoms with Crippen LogP contribution in [0.25, 0.3) is 0 Å². The molecule has 5 heteroatoms. The van der Waals surface area contributed by atoms with Gasteiger partial charge < -0.3 is 5.73 Å². The molecule has 0 aliphatic carbocycles. The lowest BCUT2D eigenvalue weighted by molar-refractivity contribution is 0.601. The van der Waals surface area contributed by atoms with Crippen molar-refractivity contribution in [2.45, 2.75) is 25.7 Å². The first-order chi connectivity index (χ1) is 9.31. The normalized spacial score (nSPS) is 11.3. The van der Waals surface area contributed by atoms with Gasteiger partial charge in [-0.2, -0.15) is 0 Å². The van der Waals surface area contributed by atoms with Crippen LogP contribution in [0.3, 0.4) is 0 Å². The molecule has 0 atom stereocenters. The molecule has 0 aromatic heterocycles. The van der Waals surface area contributed by atoms with Gasteiger partial charge in [-0.25, -0.2) is 8.42 Å². The molecule has 0 saturated carbocycles. The largest absolute Gasteiger partial charge is 0.398 e. The molecule has 0 radical (unpaired) electrons. The van der Waals surface area contributed by atoms with Gasteiger partial charge in [-0.05, 0) is 55.7 Å². The molecule has 3 N–H and O–H groups in total. The molecule has 0 spiro atoms. The first-order valence-electron chi connectivity index (χ1n) is 6.26.